The van der Waals surface area contributed by atoms with Gasteiger partial charge in [0.15, 0.2) is 0 Å². The second kappa shape index (κ2) is 3.65. The smallest absolute Gasteiger partial charge is 0.126 e. The number of aromatic nitrogens is 1. The van der Waals surface area contributed by atoms with Gasteiger partial charge in [0.1, 0.15) is 5.82 Å². The molecular weight excluding hydrogens is 292 g/mol. The summed E-state index contributed by atoms with van der Waals surface area (Å²) in [7, 11) is 0. The first kappa shape index (κ1) is 10.1. The summed E-state index contributed by atoms with van der Waals surface area (Å²) in [6.07, 6.45) is 1.51. The average molecular weight is 295 g/mol. The largest absolute Gasteiger partial charge is 0.255 e. The van der Waals surface area contributed by atoms with E-state index in [0.29, 0.717) is 20.4 Å². The lowest BCUT2D eigenvalue weighted by Gasteiger charge is -2.04. The van der Waals surface area contributed by atoms with Gasteiger partial charge in [-0.3, -0.25) is 4.98 Å². The molecule has 5 heteroatoms. The summed E-state index contributed by atoms with van der Waals surface area (Å²) in [6.45, 7) is 0. The van der Waals surface area contributed by atoms with Crippen molar-refractivity contribution in [2.24, 2.45) is 0 Å². The van der Waals surface area contributed by atoms with Crippen LogP contribution in [-0.2, 0) is 0 Å². The summed E-state index contributed by atoms with van der Waals surface area (Å²) in [4.78, 5) is 4.01. The van der Waals surface area contributed by atoms with E-state index in [4.69, 9.17) is 23.2 Å². The van der Waals surface area contributed by atoms with Crippen LogP contribution in [0, 0.1) is 5.82 Å². The van der Waals surface area contributed by atoms with Gasteiger partial charge in [0.05, 0.1) is 20.0 Å². The van der Waals surface area contributed by atoms with Gasteiger partial charge in [-0.2, -0.15) is 0 Å². The van der Waals surface area contributed by atoms with E-state index in [9.17, 15) is 4.39 Å². The Morgan fingerprint density at radius 2 is 2.00 bits per heavy atom. The van der Waals surface area contributed by atoms with Crippen LogP contribution in [0.4, 0.5) is 4.39 Å². The van der Waals surface area contributed by atoms with Crippen LogP contribution in [0.2, 0.25) is 10.0 Å². The molecule has 0 bridgehead atoms. The molecule has 0 radical (unpaired) electrons. The molecule has 72 valence electrons. The first-order valence-electron chi connectivity index (χ1n) is 3.68. The lowest BCUT2D eigenvalue weighted by molar-refractivity contribution is 0.629. The minimum atomic E-state index is -0.423. The summed E-state index contributed by atoms with van der Waals surface area (Å²) in [5.41, 5.74) is 0.447. The fourth-order valence-electron chi connectivity index (χ4n) is 1.18. The van der Waals surface area contributed by atoms with Gasteiger partial charge >= 0.3 is 0 Å². The van der Waals surface area contributed by atoms with Crippen LogP contribution in [0.25, 0.3) is 10.9 Å². The first-order chi connectivity index (χ1) is 6.59. The molecule has 1 aromatic carbocycles. The standard InChI is InChI=1S/C9H3BrCl2FN/c10-5-3-14-7-2-4(13)1-6(11)8(7)9(5)12/h1-3H. The third kappa shape index (κ3) is 1.60. The SMILES string of the molecule is Fc1cc(Cl)c2c(Cl)c(Br)cnc2c1. The number of halogens is 4. The van der Waals surface area contributed by atoms with Crippen molar-refractivity contribution in [1.82, 2.24) is 4.98 Å². The normalized spacial score (nSPS) is 10.9. The summed E-state index contributed by atoms with van der Waals surface area (Å²) < 4.78 is 13.6. The zero-order valence-electron chi connectivity index (χ0n) is 6.69. The maximum absolute atomic E-state index is 13.0. The number of nitrogens with zero attached hydrogens (tertiary/aromatic N) is 1. The molecular formula is C9H3BrCl2FN. The van der Waals surface area contributed by atoms with Gasteiger partial charge in [-0.1, -0.05) is 23.2 Å². The topological polar surface area (TPSA) is 12.9 Å². The number of hydrogen-bond acceptors (Lipinski definition) is 1. The quantitative estimate of drug-likeness (QED) is 0.700. The molecule has 0 amide bonds. The van der Waals surface area contributed by atoms with Crippen LogP contribution >= 0.6 is 39.1 Å². The molecule has 0 unspecified atom stereocenters. The third-order valence-electron chi connectivity index (χ3n) is 1.78. The van der Waals surface area contributed by atoms with E-state index in [1.165, 1.54) is 18.3 Å². The molecule has 0 saturated heterocycles. The molecule has 0 N–H and O–H groups in total. The number of rotatable bonds is 0. The Bertz CT molecular complexity index is 516. The summed E-state index contributed by atoms with van der Waals surface area (Å²) in [5, 5.41) is 1.27. The molecule has 0 aliphatic heterocycles. The molecule has 0 saturated carbocycles. The van der Waals surface area contributed by atoms with Crippen LogP contribution in [0.15, 0.2) is 22.8 Å². The molecule has 0 aliphatic rings. The number of pyridine rings is 1. The molecule has 2 rings (SSSR count). The Kier molecular flexibility index (Phi) is 2.64. The van der Waals surface area contributed by atoms with E-state index in [1.807, 2.05) is 0 Å². The van der Waals surface area contributed by atoms with Crippen LogP contribution in [-0.4, -0.2) is 4.98 Å². The molecule has 0 fully saturated rings. The van der Waals surface area contributed by atoms with E-state index in [0.717, 1.165) is 0 Å². The van der Waals surface area contributed by atoms with E-state index >= 15 is 0 Å². The molecule has 0 aliphatic carbocycles. The molecule has 1 nitrogen and oxygen atoms in total. The van der Waals surface area contributed by atoms with Crippen molar-refractivity contribution < 1.29 is 4.39 Å². The highest BCUT2D eigenvalue weighted by atomic mass is 79.9. The molecule has 0 spiro atoms. The predicted octanol–water partition coefficient (Wildman–Crippen LogP) is 4.44. The van der Waals surface area contributed by atoms with Crippen molar-refractivity contribution in [1.29, 1.82) is 0 Å². The Labute approximate surface area is 98.0 Å². The fourth-order valence-corrected chi connectivity index (χ4v) is 2.07. The maximum atomic E-state index is 13.0. The van der Waals surface area contributed by atoms with Gasteiger partial charge in [-0.15, -0.1) is 0 Å². The van der Waals surface area contributed by atoms with Crippen LogP contribution in [0.1, 0.15) is 0 Å². The zero-order chi connectivity index (χ0) is 10.3. The molecule has 14 heavy (non-hydrogen) atoms. The summed E-state index contributed by atoms with van der Waals surface area (Å²) >= 11 is 15.1. The van der Waals surface area contributed by atoms with Crippen molar-refractivity contribution >= 4 is 50.0 Å². The van der Waals surface area contributed by atoms with E-state index in [1.54, 1.807) is 0 Å². The lowest BCUT2D eigenvalue weighted by Crippen LogP contribution is -1.85. The highest BCUT2D eigenvalue weighted by Crippen LogP contribution is 2.34. The first-order valence-corrected chi connectivity index (χ1v) is 5.23. The number of fused-ring (bicyclic) bond motifs is 1. The van der Waals surface area contributed by atoms with Crippen molar-refractivity contribution in [3.8, 4) is 0 Å². The van der Waals surface area contributed by atoms with Crippen molar-refractivity contribution in [3.05, 3.63) is 38.7 Å². The Balaban J connectivity index is 2.95. The van der Waals surface area contributed by atoms with Crippen LogP contribution in [0.5, 0.6) is 0 Å². The van der Waals surface area contributed by atoms with Gasteiger partial charge < -0.3 is 0 Å². The molecule has 2 aromatic rings. The van der Waals surface area contributed by atoms with Gasteiger partial charge in [0.25, 0.3) is 0 Å². The van der Waals surface area contributed by atoms with Crippen LogP contribution < -0.4 is 0 Å². The average Bonchev–Trinajstić information content (AvgIpc) is 2.10. The van der Waals surface area contributed by atoms with Gasteiger partial charge in [0, 0.05) is 17.6 Å². The minimum Gasteiger partial charge on any atom is -0.255 e. The predicted molar refractivity (Wildman–Crippen MR) is 59.4 cm³/mol. The van der Waals surface area contributed by atoms with Gasteiger partial charge in [-0.25, -0.2) is 4.39 Å². The second-order valence-electron chi connectivity index (χ2n) is 2.70. The Morgan fingerprint density at radius 3 is 2.71 bits per heavy atom. The van der Waals surface area contributed by atoms with Crippen molar-refractivity contribution in [3.63, 3.8) is 0 Å². The van der Waals surface area contributed by atoms with E-state index in [-0.39, 0.29) is 5.02 Å². The lowest BCUT2D eigenvalue weighted by atomic mass is 10.2. The van der Waals surface area contributed by atoms with Crippen LogP contribution in [0.3, 0.4) is 0 Å². The Morgan fingerprint density at radius 1 is 1.29 bits per heavy atom. The van der Waals surface area contributed by atoms with E-state index < -0.39 is 5.82 Å². The monoisotopic (exact) mass is 293 g/mol. The number of hydrogen-bond donors (Lipinski definition) is 0. The third-order valence-corrected chi connectivity index (χ3v) is 3.30. The maximum Gasteiger partial charge on any atom is 0.126 e. The highest BCUT2D eigenvalue weighted by Gasteiger charge is 2.09. The van der Waals surface area contributed by atoms with E-state index in [2.05, 4.69) is 20.9 Å². The number of benzene rings is 1. The van der Waals surface area contributed by atoms with Crippen molar-refractivity contribution in [2.45, 2.75) is 0 Å². The summed E-state index contributed by atoms with van der Waals surface area (Å²) in [5.74, 6) is -0.423. The minimum absolute atomic E-state index is 0.263. The zero-order valence-corrected chi connectivity index (χ0v) is 9.79. The van der Waals surface area contributed by atoms with Gasteiger partial charge in [-0.05, 0) is 22.0 Å². The summed E-state index contributed by atoms with van der Waals surface area (Å²) in [6, 6.07) is 2.50. The van der Waals surface area contributed by atoms with Gasteiger partial charge in [0.2, 0.25) is 0 Å². The molecule has 1 heterocycles. The Hall–Kier alpha value is -0.380. The highest BCUT2D eigenvalue weighted by molar-refractivity contribution is 9.10. The van der Waals surface area contributed by atoms with Crippen molar-refractivity contribution in [2.75, 3.05) is 0 Å². The molecule has 0 atom stereocenters. The molecule has 1 aromatic heterocycles. The fraction of sp³-hybridized carbons (Fsp3) is 0. The second-order valence-corrected chi connectivity index (χ2v) is 4.34.